The number of aryl methyl sites for hydroxylation is 1. The summed E-state index contributed by atoms with van der Waals surface area (Å²) >= 11 is 6.05. The van der Waals surface area contributed by atoms with E-state index in [0.717, 1.165) is 11.1 Å². The van der Waals surface area contributed by atoms with Crippen LogP contribution < -0.4 is 10.6 Å². The Morgan fingerprint density at radius 2 is 1.93 bits per heavy atom. The number of benzene rings is 2. The molecule has 0 radical (unpaired) electrons. The van der Waals surface area contributed by atoms with Gasteiger partial charge in [0.2, 0.25) is 0 Å². The summed E-state index contributed by atoms with van der Waals surface area (Å²) in [6, 6.07) is 14.0. The molecular weight excluding hydrogens is 366 g/mol. The summed E-state index contributed by atoms with van der Waals surface area (Å²) in [6.07, 6.45) is 2.97. The summed E-state index contributed by atoms with van der Waals surface area (Å²) in [5.41, 5.74) is 2.20. The van der Waals surface area contributed by atoms with Crippen LogP contribution in [0.5, 0.6) is 0 Å². The van der Waals surface area contributed by atoms with Crippen LogP contribution in [0.25, 0.3) is 0 Å². The van der Waals surface area contributed by atoms with Crippen molar-refractivity contribution in [3.05, 3.63) is 77.3 Å². The van der Waals surface area contributed by atoms with Crippen molar-refractivity contribution in [2.45, 2.75) is 19.5 Å². The third kappa shape index (κ3) is 4.92. The number of rotatable bonds is 5. The first kappa shape index (κ1) is 18.6. The minimum atomic E-state index is -0.769. The number of amides is 2. The first-order valence-corrected chi connectivity index (χ1v) is 8.66. The van der Waals surface area contributed by atoms with Gasteiger partial charge in [0.05, 0.1) is 12.6 Å². The van der Waals surface area contributed by atoms with Gasteiger partial charge in [-0.25, -0.2) is 4.98 Å². The van der Waals surface area contributed by atoms with Gasteiger partial charge in [0.1, 0.15) is 12.7 Å². The van der Waals surface area contributed by atoms with E-state index in [1.165, 1.54) is 6.33 Å². The molecule has 0 spiro atoms. The average Bonchev–Trinajstić information content (AvgIpc) is 3.18. The van der Waals surface area contributed by atoms with Gasteiger partial charge >= 0.3 is 11.8 Å². The Morgan fingerprint density at radius 1 is 1.15 bits per heavy atom. The van der Waals surface area contributed by atoms with E-state index in [2.05, 4.69) is 20.7 Å². The van der Waals surface area contributed by atoms with Crippen LogP contribution in [0.4, 0.5) is 5.69 Å². The molecule has 1 heterocycles. The fourth-order valence-corrected chi connectivity index (χ4v) is 2.70. The van der Waals surface area contributed by atoms with E-state index in [0.29, 0.717) is 17.3 Å². The lowest BCUT2D eigenvalue weighted by molar-refractivity contribution is -0.136. The number of hydrogen-bond donors (Lipinski definition) is 2. The topological polar surface area (TPSA) is 88.9 Å². The largest absolute Gasteiger partial charge is 0.339 e. The maximum absolute atomic E-state index is 12.4. The second kappa shape index (κ2) is 8.46. The zero-order valence-electron chi connectivity index (χ0n) is 14.6. The lowest BCUT2D eigenvalue weighted by atomic mass is 10.1. The fraction of sp³-hybridized carbons (Fsp3) is 0.158. The number of halogens is 1. The van der Waals surface area contributed by atoms with Gasteiger partial charge in [-0.05, 0) is 30.2 Å². The van der Waals surface area contributed by atoms with Crippen molar-refractivity contribution < 1.29 is 9.59 Å². The molecule has 0 aliphatic rings. The predicted molar refractivity (Wildman–Crippen MR) is 102 cm³/mol. The number of nitrogens with zero attached hydrogens (tertiary/aromatic N) is 3. The molecule has 2 aromatic carbocycles. The molecule has 2 amide bonds. The SMILES string of the molecule is Cc1ccc(NC(=O)C(=O)N[C@@H](Cn2cncn2)c2ccccc2)cc1Cl. The second-order valence-corrected chi connectivity index (χ2v) is 6.38. The van der Waals surface area contributed by atoms with Gasteiger partial charge in [-0.1, -0.05) is 48.0 Å². The molecule has 0 saturated heterocycles. The van der Waals surface area contributed by atoms with Crippen LogP contribution in [-0.4, -0.2) is 26.6 Å². The molecule has 0 bridgehead atoms. The lowest BCUT2D eigenvalue weighted by Crippen LogP contribution is -2.39. The van der Waals surface area contributed by atoms with Crippen molar-refractivity contribution in [3.8, 4) is 0 Å². The van der Waals surface area contributed by atoms with Crippen molar-refractivity contribution in [3.63, 3.8) is 0 Å². The quantitative estimate of drug-likeness (QED) is 0.663. The Morgan fingerprint density at radius 3 is 2.59 bits per heavy atom. The Kier molecular flexibility index (Phi) is 5.83. The van der Waals surface area contributed by atoms with Gasteiger partial charge in [-0.3, -0.25) is 14.3 Å². The molecule has 7 nitrogen and oxygen atoms in total. The highest BCUT2D eigenvalue weighted by Gasteiger charge is 2.21. The van der Waals surface area contributed by atoms with Crippen LogP contribution in [0.15, 0.2) is 61.2 Å². The summed E-state index contributed by atoms with van der Waals surface area (Å²) in [5, 5.41) is 9.87. The summed E-state index contributed by atoms with van der Waals surface area (Å²) in [7, 11) is 0. The number of anilines is 1. The third-order valence-corrected chi connectivity index (χ3v) is 4.39. The van der Waals surface area contributed by atoms with Crippen LogP contribution in [0.1, 0.15) is 17.2 Å². The van der Waals surface area contributed by atoms with E-state index in [-0.39, 0.29) is 0 Å². The van der Waals surface area contributed by atoms with Gasteiger partial charge in [0, 0.05) is 10.7 Å². The highest BCUT2D eigenvalue weighted by molar-refractivity contribution is 6.40. The monoisotopic (exact) mass is 383 g/mol. The highest BCUT2D eigenvalue weighted by atomic mass is 35.5. The van der Waals surface area contributed by atoms with Crippen molar-refractivity contribution in [2.24, 2.45) is 0 Å². The summed E-state index contributed by atoms with van der Waals surface area (Å²) in [4.78, 5) is 28.6. The molecule has 3 aromatic rings. The third-order valence-electron chi connectivity index (χ3n) is 3.98. The molecule has 1 aromatic heterocycles. The summed E-state index contributed by atoms with van der Waals surface area (Å²) in [6.45, 7) is 2.20. The number of aromatic nitrogens is 3. The van der Waals surface area contributed by atoms with Crippen molar-refractivity contribution in [1.82, 2.24) is 20.1 Å². The molecule has 1 atom stereocenters. The van der Waals surface area contributed by atoms with Crippen LogP contribution in [0.3, 0.4) is 0 Å². The number of hydrogen-bond acceptors (Lipinski definition) is 4. The van der Waals surface area contributed by atoms with Crippen molar-refractivity contribution in [2.75, 3.05) is 5.32 Å². The fourth-order valence-electron chi connectivity index (χ4n) is 2.52. The van der Waals surface area contributed by atoms with Crippen molar-refractivity contribution in [1.29, 1.82) is 0 Å². The van der Waals surface area contributed by atoms with Crippen LogP contribution in [0.2, 0.25) is 5.02 Å². The Bertz CT molecular complexity index is 929. The molecule has 2 N–H and O–H groups in total. The zero-order chi connectivity index (χ0) is 19.2. The molecule has 0 unspecified atom stereocenters. The predicted octanol–water partition coefficient (Wildman–Crippen LogP) is 2.74. The molecule has 8 heteroatoms. The zero-order valence-corrected chi connectivity index (χ0v) is 15.3. The lowest BCUT2D eigenvalue weighted by Gasteiger charge is -2.19. The molecule has 0 aliphatic carbocycles. The highest BCUT2D eigenvalue weighted by Crippen LogP contribution is 2.20. The molecule has 3 rings (SSSR count). The summed E-state index contributed by atoms with van der Waals surface area (Å²) < 4.78 is 1.59. The van der Waals surface area contributed by atoms with Gasteiger partial charge in [-0.15, -0.1) is 0 Å². The Hall–Kier alpha value is -3.19. The standard InChI is InChI=1S/C19H18ClN5O2/c1-13-7-8-15(9-16(13)20)23-18(26)19(27)24-17(10-25-12-21-11-22-25)14-5-3-2-4-6-14/h2-9,11-12,17H,10H2,1H3,(H,23,26)(H,24,27)/t17-/m0/s1. The number of carbonyl (C=O) groups is 2. The van der Waals surface area contributed by atoms with Gasteiger partial charge in [0.15, 0.2) is 0 Å². The number of nitrogens with one attached hydrogen (secondary N) is 2. The smallest absolute Gasteiger partial charge is 0.313 e. The normalized spacial score (nSPS) is 11.6. The molecule has 0 saturated carbocycles. The maximum Gasteiger partial charge on any atom is 0.313 e. The molecule has 138 valence electrons. The molecular formula is C19H18ClN5O2. The van der Waals surface area contributed by atoms with Crippen LogP contribution in [-0.2, 0) is 16.1 Å². The van der Waals surface area contributed by atoms with Crippen molar-refractivity contribution >= 4 is 29.1 Å². The Labute approximate surface area is 161 Å². The van der Waals surface area contributed by atoms with Gasteiger partial charge in [-0.2, -0.15) is 5.10 Å². The molecule has 0 fully saturated rings. The van der Waals surface area contributed by atoms with E-state index in [1.54, 1.807) is 29.2 Å². The molecule has 27 heavy (non-hydrogen) atoms. The van der Waals surface area contributed by atoms with Gasteiger partial charge < -0.3 is 10.6 Å². The minimum absolute atomic E-state index is 0.347. The van der Waals surface area contributed by atoms with E-state index in [1.807, 2.05) is 37.3 Å². The van der Waals surface area contributed by atoms with E-state index in [9.17, 15) is 9.59 Å². The van der Waals surface area contributed by atoms with Gasteiger partial charge in [0.25, 0.3) is 0 Å². The Balaban J connectivity index is 1.71. The maximum atomic E-state index is 12.4. The second-order valence-electron chi connectivity index (χ2n) is 5.97. The first-order chi connectivity index (χ1) is 13.0. The van der Waals surface area contributed by atoms with Crippen LogP contribution in [0, 0.1) is 6.92 Å². The van der Waals surface area contributed by atoms with E-state index >= 15 is 0 Å². The van der Waals surface area contributed by atoms with Crippen LogP contribution >= 0.6 is 11.6 Å². The average molecular weight is 384 g/mol. The van der Waals surface area contributed by atoms with E-state index in [4.69, 9.17) is 11.6 Å². The van der Waals surface area contributed by atoms with E-state index < -0.39 is 17.9 Å². The summed E-state index contributed by atoms with van der Waals surface area (Å²) in [5.74, 6) is -1.52. The molecule has 0 aliphatic heterocycles. The number of carbonyl (C=O) groups excluding carboxylic acids is 2. The first-order valence-electron chi connectivity index (χ1n) is 8.28. The minimum Gasteiger partial charge on any atom is -0.339 e.